The van der Waals surface area contributed by atoms with E-state index in [0.717, 1.165) is 31.2 Å². The van der Waals surface area contributed by atoms with E-state index in [1.807, 2.05) is 0 Å². The third kappa shape index (κ3) is 3.19. The standard InChI is InChI=1S/C13H22N2O/c1-5-7-11-10-12(8-6-9-16)15(14-11)13(2,3)4/h9-10H,5-8H2,1-4H3. The summed E-state index contributed by atoms with van der Waals surface area (Å²) < 4.78 is 2.06. The molecule has 1 aromatic rings. The predicted octanol–water partition coefficient (Wildman–Crippen LogP) is 2.72. The molecule has 1 rings (SSSR count). The number of aromatic nitrogens is 2. The number of nitrogens with zero attached hydrogens (tertiary/aromatic N) is 2. The topological polar surface area (TPSA) is 34.9 Å². The van der Waals surface area contributed by atoms with Crippen LogP contribution in [-0.2, 0) is 23.2 Å². The first-order valence-corrected chi connectivity index (χ1v) is 6.01. The second-order valence-corrected chi connectivity index (χ2v) is 5.16. The van der Waals surface area contributed by atoms with Crippen molar-refractivity contribution in [3.63, 3.8) is 0 Å². The molecule has 3 nitrogen and oxygen atoms in total. The fourth-order valence-electron chi connectivity index (χ4n) is 1.82. The molecule has 0 saturated carbocycles. The highest BCUT2D eigenvalue weighted by Crippen LogP contribution is 2.19. The monoisotopic (exact) mass is 222 g/mol. The third-order valence-electron chi connectivity index (χ3n) is 2.49. The third-order valence-corrected chi connectivity index (χ3v) is 2.49. The zero-order valence-corrected chi connectivity index (χ0v) is 10.8. The Morgan fingerprint density at radius 1 is 1.38 bits per heavy atom. The van der Waals surface area contributed by atoms with Crippen LogP contribution in [0.3, 0.4) is 0 Å². The summed E-state index contributed by atoms with van der Waals surface area (Å²) >= 11 is 0. The molecular weight excluding hydrogens is 200 g/mol. The second-order valence-electron chi connectivity index (χ2n) is 5.16. The molecule has 1 aromatic heterocycles. The highest BCUT2D eigenvalue weighted by molar-refractivity contribution is 5.49. The minimum absolute atomic E-state index is 0.00971. The van der Waals surface area contributed by atoms with Crippen LogP contribution >= 0.6 is 0 Å². The van der Waals surface area contributed by atoms with Crippen LogP contribution in [0.4, 0.5) is 0 Å². The number of carbonyl (C=O) groups is 1. The number of aryl methyl sites for hydroxylation is 2. The summed E-state index contributed by atoms with van der Waals surface area (Å²) in [6, 6.07) is 2.14. The molecule has 90 valence electrons. The molecule has 0 aliphatic rings. The average Bonchev–Trinajstić information content (AvgIpc) is 2.58. The van der Waals surface area contributed by atoms with Crippen molar-refractivity contribution in [3.8, 4) is 0 Å². The number of rotatable bonds is 5. The molecule has 0 atom stereocenters. The molecule has 0 amide bonds. The number of carbonyl (C=O) groups excluding carboxylic acids is 1. The molecule has 1 heterocycles. The molecule has 0 aliphatic carbocycles. The number of hydrogen-bond acceptors (Lipinski definition) is 2. The predicted molar refractivity (Wildman–Crippen MR) is 65.6 cm³/mol. The summed E-state index contributed by atoms with van der Waals surface area (Å²) in [7, 11) is 0. The summed E-state index contributed by atoms with van der Waals surface area (Å²) in [5.74, 6) is 0. The van der Waals surface area contributed by atoms with Gasteiger partial charge in [-0.25, -0.2) is 0 Å². The van der Waals surface area contributed by atoms with E-state index in [-0.39, 0.29) is 5.54 Å². The van der Waals surface area contributed by atoms with Gasteiger partial charge in [0.2, 0.25) is 0 Å². The van der Waals surface area contributed by atoms with E-state index >= 15 is 0 Å². The largest absolute Gasteiger partial charge is 0.303 e. The molecule has 0 aliphatic heterocycles. The quantitative estimate of drug-likeness (QED) is 0.718. The maximum Gasteiger partial charge on any atom is 0.120 e. The van der Waals surface area contributed by atoms with Gasteiger partial charge in [-0.2, -0.15) is 5.10 Å². The van der Waals surface area contributed by atoms with Crippen LogP contribution in [0.1, 0.15) is 51.9 Å². The Morgan fingerprint density at radius 3 is 2.56 bits per heavy atom. The minimum atomic E-state index is -0.00971. The Balaban J connectivity index is 2.97. The summed E-state index contributed by atoms with van der Waals surface area (Å²) in [5.41, 5.74) is 2.30. The lowest BCUT2D eigenvalue weighted by atomic mass is 10.1. The van der Waals surface area contributed by atoms with E-state index < -0.39 is 0 Å². The fraction of sp³-hybridized carbons (Fsp3) is 0.692. The lowest BCUT2D eigenvalue weighted by Crippen LogP contribution is -2.25. The average molecular weight is 222 g/mol. The Kier molecular flexibility index (Phi) is 4.27. The molecule has 0 bridgehead atoms. The van der Waals surface area contributed by atoms with E-state index in [4.69, 9.17) is 0 Å². The SMILES string of the molecule is CCCc1cc(CCC=O)n(C(C)(C)C)n1. The van der Waals surface area contributed by atoms with Crippen molar-refractivity contribution in [1.82, 2.24) is 9.78 Å². The van der Waals surface area contributed by atoms with Crippen molar-refractivity contribution < 1.29 is 4.79 Å². The molecule has 0 radical (unpaired) electrons. The lowest BCUT2D eigenvalue weighted by molar-refractivity contribution is -0.107. The van der Waals surface area contributed by atoms with Crippen molar-refractivity contribution in [3.05, 3.63) is 17.5 Å². The van der Waals surface area contributed by atoms with Gasteiger partial charge in [0.15, 0.2) is 0 Å². The van der Waals surface area contributed by atoms with Crippen LogP contribution in [0.25, 0.3) is 0 Å². The van der Waals surface area contributed by atoms with Gasteiger partial charge in [-0.05, 0) is 39.7 Å². The summed E-state index contributed by atoms with van der Waals surface area (Å²) in [6.07, 6.45) is 4.45. The van der Waals surface area contributed by atoms with Crippen molar-refractivity contribution >= 4 is 6.29 Å². The van der Waals surface area contributed by atoms with Gasteiger partial charge in [0.05, 0.1) is 11.2 Å². The first kappa shape index (κ1) is 12.9. The fourth-order valence-corrected chi connectivity index (χ4v) is 1.82. The Bertz CT molecular complexity index is 347. The highest BCUT2D eigenvalue weighted by atomic mass is 16.1. The van der Waals surface area contributed by atoms with Gasteiger partial charge in [0.25, 0.3) is 0 Å². The molecule has 0 saturated heterocycles. The van der Waals surface area contributed by atoms with Crippen LogP contribution < -0.4 is 0 Å². The molecule has 3 heteroatoms. The maximum atomic E-state index is 10.4. The van der Waals surface area contributed by atoms with Gasteiger partial charge in [-0.15, -0.1) is 0 Å². The smallest absolute Gasteiger partial charge is 0.120 e. The van der Waals surface area contributed by atoms with Crippen LogP contribution in [-0.4, -0.2) is 16.1 Å². The second kappa shape index (κ2) is 5.28. The van der Waals surface area contributed by atoms with E-state index in [0.29, 0.717) is 6.42 Å². The van der Waals surface area contributed by atoms with Gasteiger partial charge >= 0.3 is 0 Å². The molecule has 0 aromatic carbocycles. The Labute approximate surface area is 97.8 Å². The number of aldehydes is 1. The summed E-state index contributed by atoms with van der Waals surface area (Å²) in [4.78, 5) is 10.4. The molecule has 0 unspecified atom stereocenters. The normalized spacial score (nSPS) is 11.8. The van der Waals surface area contributed by atoms with E-state index in [9.17, 15) is 4.79 Å². The molecule has 0 spiro atoms. The molecule has 16 heavy (non-hydrogen) atoms. The van der Waals surface area contributed by atoms with Crippen molar-refractivity contribution in [2.45, 2.75) is 58.9 Å². The van der Waals surface area contributed by atoms with Gasteiger partial charge in [-0.1, -0.05) is 13.3 Å². The highest BCUT2D eigenvalue weighted by Gasteiger charge is 2.18. The van der Waals surface area contributed by atoms with Gasteiger partial charge in [-0.3, -0.25) is 4.68 Å². The molecule has 0 N–H and O–H groups in total. The zero-order valence-electron chi connectivity index (χ0n) is 10.8. The summed E-state index contributed by atoms with van der Waals surface area (Å²) in [6.45, 7) is 8.57. The lowest BCUT2D eigenvalue weighted by Gasteiger charge is -2.22. The van der Waals surface area contributed by atoms with Gasteiger partial charge in [0, 0.05) is 12.1 Å². The van der Waals surface area contributed by atoms with E-state index in [1.165, 1.54) is 5.69 Å². The van der Waals surface area contributed by atoms with Crippen LogP contribution in [0, 0.1) is 0 Å². The van der Waals surface area contributed by atoms with Crippen molar-refractivity contribution in [2.24, 2.45) is 0 Å². The Morgan fingerprint density at radius 2 is 2.06 bits per heavy atom. The van der Waals surface area contributed by atoms with Crippen molar-refractivity contribution in [2.75, 3.05) is 0 Å². The first-order valence-electron chi connectivity index (χ1n) is 6.01. The van der Waals surface area contributed by atoms with Crippen LogP contribution in [0.5, 0.6) is 0 Å². The van der Waals surface area contributed by atoms with Crippen molar-refractivity contribution in [1.29, 1.82) is 0 Å². The van der Waals surface area contributed by atoms with Crippen LogP contribution in [0.15, 0.2) is 6.07 Å². The zero-order chi connectivity index (χ0) is 12.2. The van der Waals surface area contributed by atoms with Gasteiger partial charge < -0.3 is 4.79 Å². The number of hydrogen-bond donors (Lipinski definition) is 0. The molecule has 0 fully saturated rings. The summed E-state index contributed by atoms with van der Waals surface area (Å²) in [5, 5.41) is 4.62. The van der Waals surface area contributed by atoms with Gasteiger partial charge in [0.1, 0.15) is 6.29 Å². The maximum absolute atomic E-state index is 10.4. The first-order chi connectivity index (χ1) is 7.49. The molecular formula is C13H22N2O. The Hall–Kier alpha value is -1.12. The van der Waals surface area contributed by atoms with E-state index in [1.54, 1.807) is 0 Å². The van der Waals surface area contributed by atoms with E-state index in [2.05, 4.69) is 43.5 Å². The minimum Gasteiger partial charge on any atom is -0.303 e. The van der Waals surface area contributed by atoms with Crippen LogP contribution in [0.2, 0.25) is 0 Å².